The molecule has 0 bridgehead atoms. The molecule has 1 heterocycles. The normalized spacial score (nSPS) is 14.3. The third-order valence-corrected chi connectivity index (χ3v) is 4.60. The van der Waals surface area contributed by atoms with Gasteiger partial charge in [0.2, 0.25) is 5.60 Å². The number of guanidine groups is 1. The number of rotatable bonds is 9. The highest BCUT2D eigenvalue weighted by Crippen LogP contribution is 2.40. The second kappa shape index (κ2) is 10.5. The van der Waals surface area contributed by atoms with Crippen molar-refractivity contribution in [3.63, 3.8) is 0 Å². The predicted octanol–water partition coefficient (Wildman–Crippen LogP) is 2.68. The van der Waals surface area contributed by atoms with Crippen LogP contribution in [0.1, 0.15) is 19.2 Å². The van der Waals surface area contributed by atoms with Crippen molar-refractivity contribution in [3.05, 3.63) is 48.3 Å². The number of likely N-dealkylation sites (N-methyl/N-ethyl adjacent to an activating group) is 1. The molecule has 1 unspecified atom stereocenters. The van der Waals surface area contributed by atoms with Gasteiger partial charge in [-0.25, -0.2) is 9.37 Å². The van der Waals surface area contributed by atoms with Crippen LogP contribution in [0.2, 0.25) is 0 Å². The number of halogens is 4. The quantitative estimate of drug-likeness (QED) is 0.353. The summed E-state index contributed by atoms with van der Waals surface area (Å²) in [6, 6.07) is 5.58. The van der Waals surface area contributed by atoms with E-state index in [9.17, 15) is 22.7 Å². The van der Waals surface area contributed by atoms with Crippen molar-refractivity contribution in [1.29, 1.82) is 0 Å². The summed E-state index contributed by atoms with van der Waals surface area (Å²) in [7, 11) is 3.10. The largest absolute Gasteiger partial charge is 0.492 e. The Balaban J connectivity index is 2.01. The molecule has 11 heteroatoms. The van der Waals surface area contributed by atoms with Crippen molar-refractivity contribution in [2.45, 2.75) is 25.1 Å². The molecular formula is C20H27F4N5O2. The Kier molecular flexibility index (Phi) is 8.26. The Labute approximate surface area is 178 Å². The van der Waals surface area contributed by atoms with Gasteiger partial charge in [-0.3, -0.25) is 4.99 Å². The smallest absolute Gasteiger partial charge is 0.424 e. The van der Waals surface area contributed by atoms with Crippen LogP contribution in [0.15, 0.2) is 41.7 Å². The minimum atomic E-state index is -4.91. The zero-order valence-electron chi connectivity index (χ0n) is 17.7. The molecule has 2 aromatic rings. The number of aliphatic hydroxyl groups is 1. The molecule has 0 saturated heterocycles. The molecule has 2 rings (SSSR count). The van der Waals surface area contributed by atoms with Crippen LogP contribution in [0.5, 0.6) is 5.75 Å². The van der Waals surface area contributed by atoms with Gasteiger partial charge in [0, 0.05) is 46.0 Å². The van der Waals surface area contributed by atoms with Gasteiger partial charge in [-0.15, -0.1) is 0 Å². The van der Waals surface area contributed by atoms with Crippen LogP contribution < -0.4 is 10.1 Å². The highest BCUT2D eigenvalue weighted by atomic mass is 19.4. The fraction of sp³-hybridized carbons (Fsp3) is 0.500. The van der Waals surface area contributed by atoms with Crippen LogP contribution in [0.4, 0.5) is 17.6 Å². The summed E-state index contributed by atoms with van der Waals surface area (Å²) in [6.07, 6.45) is -3.05. The molecule has 0 radical (unpaired) electrons. The maximum absolute atomic E-state index is 13.6. The van der Waals surface area contributed by atoms with Gasteiger partial charge in [-0.2, -0.15) is 13.2 Å². The summed E-state index contributed by atoms with van der Waals surface area (Å²) in [5.41, 5.74) is -3.11. The molecule has 0 aliphatic heterocycles. The molecule has 0 amide bonds. The number of alkyl halides is 3. The van der Waals surface area contributed by atoms with E-state index in [-0.39, 0.29) is 19.0 Å². The number of hydrogen-bond acceptors (Lipinski definition) is 4. The first-order valence-corrected chi connectivity index (χ1v) is 9.73. The van der Waals surface area contributed by atoms with E-state index in [0.29, 0.717) is 24.8 Å². The highest BCUT2D eigenvalue weighted by molar-refractivity contribution is 5.79. The Morgan fingerprint density at radius 3 is 2.52 bits per heavy atom. The lowest BCUT2D eigenvalue weighted by Gasteiger charge is -2.29. The van der Waals surface area contributed by atoms with E-state index >= 15 is 0 Å². The van der Waals surface area contributed by atoms with Crippen molar-refractivity contribution in [2.75, 3.05) is 33.3 Å². The van der Waals surface area contributed by atoms with E-state index in [1.165, 1.54) is 43.7 Å². The third kappa shape index (κ3) is 6.33. The van der Waals surface area contributed by atoms with Gasteiger partial charge < -0.3 is 24.6 Å². The number of nitrogens with zero attached hydrogens (tertiary/aromatic N) is 4. The van der Waals surface area contributed by atoms with Gasteiger partial charge in [0.05, 0.1) is 6.54 Å². The Bertz CT molecular complexity index is 854. The molecule has 0 saturated carbocycles. The van der Waals surface area contributed by atoms with Crippen molar-refractivity contribution in [1.82, 2.24) is 19.8 Å². The monoisotopic (exact) mass is 445 g/mol. The SMILES string of the molecule is CCNC(=NCCC(O)(c1nccn1C)C(F)(F)F)N(C)CCOc1ccc(F)cc1. The Hall–Kier alpha value is -2.82. The van der Waals surface area contributed by atoms with Crippen molar-refractivity contribution < 1.29 is 27.4 Å². The van der Waals surface area contributed by atoms with Crippen LogP contribution >= 0.6 is 0 Å². The first-order chi connectivity index (χ1) is 14.6. The second-order valence-electron chi connectivity index (χ2n) is 6.93. The molecule has 2 N–H and O–H groups in total. The van der Waals surface area contributed by atoms with E-state index in [2.05, 4.69) is 15.3 Å². The van der Waals surface area contributed by atoms with Crippen LogP contribution in [0, 0.1) is 5.82 Å². The van der Waals surface area contributed by atoms with E-state index in [4.69, 9.17) is 4.74 Å². The van der Waals surface area contributed by atoms with E-state index in [1.807, 2.05) is 6.92 Å². The van der Waals surface area contributed by atoms with Crippen LogP contribution in [0.3, 0.4) is 0 Å². The molecule has 7 nitrogen and oxygen atoms in total. The zero-order chi connectivity index (χ0) is 23.1. The summed E-state index contributed by atoms with van der Waals surface area (Å²) in [5, 5.41) is 13.4. The standard InChI is InChI=1S/C20H27F4N5O2/c1-4-25-18(29(3)13-14-31-16-7-5-15(21)6-8-16)27-10-9-19(30,20(22,23)24)17-26-11-12-28(17)2/h5-8,11-12,30H,4,9-10,13-14H2,1-3H3,(H,25,27). The average molecular weight is 445 g/mol. The van der Waals surface area contributed by atoms with Crippen molar-refractivity contribution >= 4 is 5.96 Å². The molecular weight excluding hydrogens is 418 g/mol. The molecule has 1 aromatic carbocycles. The lowest BCUT2D eigenvalue weighted by molar-refractivity contribution is -0.272. The van der Waals surface area contributed by atoms with Gasteiger partial charge in [0.1, 0.15) is 24.0 Å². The van der Waals surface area contributed by atoms with Crippen LogP contribution in [-0.4, -0.2) is 65.0 Å². The number of ether oxygens (including phenoxy) is 1. The lowest BCUT2D eigenvalue weighted by Crippen LogP contribution is -2.45. The molecule has 31 heavy (non-hydrogen) atoms. The number of hydrogen-bond donors (Lipinski definition) is 2. The second-order valence-corrected chi connectivity index (χ2v) is 6.93. The number of aliphatic imine (C=N–C) groups is 1. The maximum Gasteiger partial charge on any atom is 0.424 e. The summed E-state index contributed by atoms with van der Waals surface area (Å²) < 4.78 is 60.4. The fourth-order valence-corrected chi connectivity index (χ4v) is 2.87. The van der Waals surface area contributed by atoms with Gasteiger partial charge in [-0.05, 0) is 31.2 Å². The average Bonchev–Trinajstić information content (AvgIpc) is 3.14. The number of nitrogens with one attached hydrogen (secondary N) is 1. The fourth-order valence-electron chi connectivity index (χ4n) is 2.87. The number of imidazole rings is 1. The van der Waals surface area contributed by atoms with Gasteiger partial charge in [0.25, 0.3) is 0 Å². The summed E-state index contributed by atoms with van der Waals surface area (Å²) >= 11 is 0. The topological polar surface area (TPSA) is 74.9 Å². The maximum atomic E-state index is 13.6. The Morgan fingerprint density at radius 2 is 1.97 bits per heavy atom. The molecule has 0 spiro atoms. The molecule has 0 aliphatic carbocycles. The van der Waals surface area contributed by atoms with Crippen molar-refractivity contribution in [2.24, 2.45) is 12.0 Å². The number of benzene rings is 1. The summed E-state index contributed by atoms with van der Waals surface area (Å²) in [4.78, 5) is 9.59. The first kappa shape index (κ1) is 24.4. The van der Waals surface area contributed by atoms with E-state index in [1.54, 1.807) is 11.9 Å². The molecule has 0 fully saturated rings. The lowest BCUT2D eigenvalue weighted by atomic mass is 9.98. The highest BCUT2D eigenvalue weighted by Gasteiger charge is 2.57. The van der Waals surface area contributed by atoms with Gasteiger partial charge >= 0.3 is 6.18 Å². The molecule has 172 valence electrons. The molecule has 1 aromatic heterocycles. The minimum absolute atomic E-state index is 0.256. The van der Waals surface area contributed by atoms with Crippen molar-refractivity contribution in [3.8, 4) is 5.75 Å². The Morgan fingerprint density at radius 1 is 1.29 bits per heavy atom. The number of aryl methyl sites for hydroxylation is 1. The van der Waals surface area contributed by atoms with Crippen LogP contribution in [0.25, 0.3) is 0 Å². The van der Waals surface area contributed by atoms with E-state index < -0.39 is 24.0 Å². The van der Waals surface area contributed by atoms with Gasteiger partial charge in [-0.1, -0.05) is 0 Å². The minimum Gasteiger partial charge on any atom is -0.492 e. The van der Waals surface area contributed by atoms with E-state index in [0.717, 1.165) is 4.57 Å². The predicted molar refractivity (Wildman–Crippen MR) is 108 cm³/mol. The molecule has 1 atom stereocenters. The van der Waals surface area contributed by atoms with Crippen LogP contribution in [-0.2, 0) is 12.6 Å². The zero-order valence-corrected chi connectivity index (χ0v) is 17.7. The van der Waals surface area contributed by atoms with Gasteiger partial charge in [0.15, 0.2) is 5.96 Å². The third-order valence-electron chi connectivity index (χ3n) is 4.60. The first-order valence-electron chi connectivity index (χ1n) is 9.73. The summed E-state index contributed by atoms with van der Waals surface area (Å²) in [6.45, 7) is 2.69. The number of aromatic nitrogens is 2. The summed E-state index contributed by atoms with van der Waals surface area (Å²) in [5.74, 6) is 0.0215. The molecule has 0 aliphatic rings.